The molecule has 7 nitrogen and oxygen atoms in total. The Hall–Kier alpha value is -3.58. The van der Waals surface area contributed by atoms with Crippen LogP contribution in [0.25, 0.3) is 5.76 Å². The molecule has 0 saturated carbocycles. The van der Waals surface area contributed by atoms with E-state index in [0.717, 1.165) is 0 Å². The number of nitrogens with zero attached hydrogens (tertiary/aromatic N) is 1. The number of hydrogen-bond donors (Lipinski definition) is 1. The maximum absolute atomic E-state index is 13.0. The Morgan fingerprint density at radius 3 is 2.53 bits per heavy atom. The van der Waals surface area contributed by atoms with Crippen LogP contribution in [0.1, 0.15) is 23.6 Å². The molecule has 2 aromatic carbocycles. The summed E-state index contributed by atoms with van der Waals surface area (Å²) < 4.78 is 15.9. The maximum atomic E-state index is 13.0. The Morgan fingerprint density at radius 2 is 1.88 bits per heavy atom. The molecule has 168 valence electrons. The van der Waals surface area contributed by atoms with Gasteiger partial charge in [0.25, 0.3) is 11.7 Å². The molecule has 0 spiro atoms. The maximum Gasteiger partial charge on any atom is 0.295 e. The van der Waals surface area contributed by atoms with Crippen LogP contribution < -0.4 is 9.47 Å². The summed E-state index contributed by atoms with van der Waals surface area (Å²) >= 11 is 0. The number of rotatable bonds is 10. The van der Waals surface area contributed by atoms with Crippen molar-refractivity contribution in [1.29, 1.82) is 0 Å². The number of benzene rings is 2. The number of carbonyl (C=O) groups excluding carboxylic acids is 2. The normalized spacial score (nSPS) is 17.4. The molecule has 0 unspecified atom stereocenters. The van der Waals surface area contributed by atoms with Gasteiger partial charge < -0.3 is 24.2 Å². The third-order valence-corrected chi connectivity index (χ3v) is 5.19. The van der Waals surface area contributed by atoms with Crippen LogP contribution >= 0.6 is 0 Å². The van der Waals surface area contributed by atoms with Gasteiger partial charge in [-0.05, 0) is 48.4 Å². The molecule has 3 rings (SSSR count). The number of carbonyl (C=O) groups is 2. The topological polar surface area (TPSA) is 85.3 Å². The van der Waals surface area contributed by atoms with Crippen molar-refractivity contribution >= 4 is 17.4 Å². The fourth-order valence-corrected chi connectivity index (χ4v) is 3.67. The standard InChI is InChI=1S/C25H27NO6/c1-4-14-32-19-11-9-17(10-12-19)23(27)21-22(18-7-5-8-20(16-18)31-3)26(13-6-15-30-2)25(29)24(21)28/h4-5,7-12,16,22,27H,1,6,13-15H2,2-3H3/t22-/m1/s1. The summed E-state index contributed by atoms with van der Waals surface area (Å²) in [6.45, 7) is 4.72. The number of methoxy groups -OCH3 is 2. The van der Waals surface area contributed by atoms with Crippen LogP contribution in [-0.2, 0) is 14.3 Å². The zero-order valence-corrected chi connectivity index (χ0v) is 18.2. The van der Waals surface area contributed by atoms with Gasteiger partial charge in [0.2, 0.25) is 0 Å². The van der Waals surface area contributed by atoms with Gasteiger partial charge in [-0.1, -0.05) is 24.8 Å². The Labute approximate surface area is 187 Å². The van der Waals surface area contributed by atoms with Gasteiger partial charge in [0, 0.05) is 25.8 Å². The number of hydrogen-bond acceptors (Lipinski definition) is 6. The number of aliphatic hydroxyl groups excluding tert-OH is 1. The monoisotopic (exact) mass is 437 g/mol. The highest BCUT2D eigenvalue weighted by atomic mass is 16.5. The molecule has 0 aromatic heterocycles. The third-order valence-electron chi connectivity index (χ3n) is 5.19. The molecule has 1 saturated heterocycles. The molecule has 1 atom stereocenters. The van der Waals surface area contributed by atoms with E-state index in [1.54, 1.807) is 62.8 Å². The lowest BCUT2D eigenvalue weighted by Gasteiger charge is -2.25. The number of Topliss-reactive ketones (excluding diaryl/α,β-unsaturated/α-hetero) is 1. The number of ether oxygens (including phenoxy) is 3. The van der Waals surface area contributed by atoms with E-state index >= 15 is 0 Å². The second kappa shape index (κ2) is 10.6. The lowest BCUT2D eigenvalue weighted by atomic mass is 9.95. The van der Waals surface area contributed by atoms with Crippen molar-refractivity contribution in [2.24, 2.45) is 0 Å². The van der Waals surface area contributed by atoms with Gasteiger partial charge in [0.15, 0.2) is 0 Å². The quantitative estimate of drug-likeness (QED) is 0.201. The molecule has 2 aromatic rings. The first-order chi connectivity index (χ1) is 15.5. The van der Waals surface area contributed by atoms with Crippen molar-refractivity contribution in [3.8, 4) is 11.5 Å². The SMILES string of the molecule is C=CCOc1ccc(C(O)=C2C(=O)C(=O)N(CCCOC)[C@@H]2c2cccc(OC)c2)cc1. The number of likely N-dealkylation sites (tertiary alicyclic amines) is 1. The minimum absolute atomic E-state index is 0.0421. The van der Waals surface area contributed by atoms with Crippen molar-refractivity contribution in [2.45, 2.75) is 12.5 Å². The van der Waals surface area contributed by atoms with E-state index in [-0.39, 0.29) is 11.3 Å². The van der Waals surface area contributed by atoms with E-state index < -0.39 is 17.7 Å². The summed E-state index contributed by atoms with van der Waals surface area (Å²) in [5, 5.41) is 11.1. The average molecular weight is 437 g/mol. The Kier molecular flexibility index (Phi) is 7.68. The number of aliphatic hydroxyl groups is 1. The molecular weight excluding hydrogens is 410 g/mol. The van der Waals surface area contributed by atoms with Gasteiger partial charge in [-0.25, -0.2) is 0 Å². The average Bonchev–Trinajstić information content (AvgIpc) is 3.08. The molecular formula is C25H27NO6. The smallest absolute Gasteiger partial charge is 0.295 e. The summed E-state index contributed by atoms with van der Waals surface area (Å²) in [5.41, 5.74) is 1.13. The lowest BCUT2D eigenvalue weighted by molar-refractivity contribution is -0.140. The highest BCUT2D eigenvalue weighted by Crippen LogP contribution is 2.40. The summed E-state index contributed by atoms with van der Waals surface area (Å²) in [6.07, 6.45) is 2.19. The predicted molar refractivity (Wildman–Crippen MR) is 121 cm³/mol. The summed E-state index contributed by atoms with van der Waals surface area (Å²) in [5.74, 6) is -0.415. The molecule has 32 heavy (non-hydrogen) atoms. The third kappa shape index (κ3) is 4.84. The molecule has 1 N–H and O–H groups in total. The van der Waals surface area contributed by atoms with Gasteiger partial charge in [0.1, 0.15) is 23.9 Å². The summed E-state index contributed by atoms with van der Waals surface area (Å²) in [4.78, 5) is 27.4. The van der Waals surface area contributed by atoms with Crippen LogP contribution in [0.3, 0.4) is 0 Å². The van der Waals surface area contributed by atoms with Crippen molar-refractivity contribution in [2.75, 3.05) is 34.0 Å². The molecule has 0 bridgehead atoms. The van der Waals surface area contributed by atoms with Crippen LogP contribution in [0.5, 0.6) is 11.5 Å². The van der Waals surface area contributed by atoms with Crippen LogP contribution in [-0.4, -0.2) is 55.7 Å². The molecule has 1 aliphatic heterocycles. The first-order valence-electron chi connectivity index (χ1n) is 10.3. The van der Waals surface area contributed by atoms with E-state index in [4.69, 9.17) is 14.2 Å². The summed E-state index contributed by atoms with van der Waals surface area (Å²) in [7, 11) is 3.13. The first-order valence-corrected chi connectivity index (χ1v) is 10.3. The zero-order chi connectivity index (χ0) is 23.1. The van der Waals surface area contributed by atoms with Crippen LogP contribution in [0, 0.1) is 0 Å². The van der Waals surface area contributed by atoms with Crippen LogP contribution in [0.15, 0.2) is 66.8 Å². The predicted octanol–water partition coefficient (Wildman–Crippen LogP) is 3.72. The minimum atomic E-state index is -0.737. The first kappa shape index (κ1) is 23.1. The molecule has 0 aliphatic carbocycles. The van der Waals surface area contributed by atoms with Gasteiger partial charge in [-0.2, -0.15) is 0 Å². The highest BCUT2D eigenvalue weighted by Gasteiger charge is 2.45. The van der Waals surface area contributed by atoms with Gasteiger partial charge >= 0.3 is 0 Å². The fraction of sp³-hybridized carbons (Fsp3) is 0.280. The zero-order valence-electron chi connectivity index (χ0n) is 18.2. The van der Waals surface area contributed by atoms with Gasteiger partial charge in [-0.3, -0.25) is 9.59 Å². The van der Waals surface area contributed by atoms with Gasteiger partial charge in [0.05, 0.1) is 18.7 Å². The molecule has 0 radical (unpaired) electrons. The van der Waals surface area contributed by atoms with Crippen molar-refractivity contribution in [3.63, 3.8) is 0 Å². The Bertz CT molecular complexity index is 1010. The number of amides is 1. The largest absolute Gasteiger partial charge is 0.507 e. The molecule has 1 aliphatic rings. The van der Waals surface area contributed by atoms with E-state index in [2.05, 4.69) is 6.58 Å². The van der Waals surface area contributed by atoms with Crippen molar-refractivity contribution in [3.05, 3.63) is 77.9 Å². The second-order valence-corrected chi connectivity index (χ2v) is 7.24. The number of ketones is 1. The fourth-order valence-electron chi connectivity index (χ4n) is 3.67. The van der Waals surface area contributed by atoms with Crippen LogP contribution in [0.2, 0.25) is 0 Å². The van der Waals surface area contributed by atoms with E-state index in [0.29, 0.717) is 48.8 Å². The minimum Gasteiger partial charge on any atom is -0.507 e. The van der Waals surface area contributed by atoms with Crippen molar-refractivity contribution < 1.29 is 28.9 Å². The highest BCUT2D eigenvalue weighted by molar-refractivity contribution is 6.46. The lowest BCUT2D eigenvalue weighted by Crippen LogP contribution is -2.31. The van der Waals surface area contributed by atoms with Crippen LogP contribution in [0.4, 0.5) is 0 Å². The second-order valence-electron chi connectivity index (χ2n) is 7.24. The van der Waals surface area contributed by atoms with E-state index in [9.17, 15) is 14.7 Å². The molecule has 1 fully saturated rings. The Balaban J connectivity index is 2.06. The van der Waals surface area contributed by atoms with Crippen molar-refractivity contribution in [1.82, 2.24) is 4.90 Å². The molecule has 7 heteroatoms. The Morgan fingerprint density at radius 1 is 1.12 bits per heavy atom. The molecule has 1 heterocycles. The summed E-state index contributed by atoms with van der Waals surface area (Å²) in [6, 6.07) is 13.1. The van der Waals surface area contributed by atoms with Gasteiger partial charge in [-0.15, -0.1) is 0 Å². The van der Waals surface area contributed by atoms with E-state index in [1.807, 2.05) is 6.07 Å². The van der Waals surface area contributed by atoms with E-state index in [1.165, 1.54) is 4.90 Å². The molecule has 1 amide bonds.